The molecule has 0 aliphatic carbocycles. The molecular weight excluding hydrogens is 1740 g/mol. The number of nitrogen functional groups attached to an aromatic ring is 3. The van der Waals surface area contributed by atoms with Crippen LogP contribution in [0.4, 0.5) is 90.7 Å². The molecule has 25 nitrogen and oxygen atoms in total. The number of amides is 5. The van der Waals surface area contributed by atoms with Crippen molar-refractivity contribution in [3.05, 3.63) is 252 Å². The molecule has 12 aromatic rings. The molecule has 6 N–H and O–H groups in total. The molecule has 694 valence electrons. The van der Waals surface area contributed by atoms with Crippen molar-refractivity contribution in [2.24, 2.45) is 5.92 Å². The predicted octanol–water partition coefficient (Wildman–Crippen LogP) is 16.2. The van der Waals surface area contributed by atoms with Gasteiger partial charge in [-0.1, -0.05) is 79.8 Å². The van der Waals surface area contributed by atoms with Crippen LogP contribution in [-0.4, -0.2) is 152 Å². The molecule has 5 amide bonds. The quantitative estimate of drug-likeness (QED) is 0.0616. The number of likely N-dealkylation sites (N-methyl/N-ethyl adjacent to an activating group) is 3. The van der Waals surface area contributed by atoms with Gasteiger partial charge in [-0.05, 0) is 173 Å². The molecule has 6 atom stereocenters. The normalized spacial score (nSPS) is 18.1. The average Bonchev–Trinajstić information content (AvgIpc) is 0.697. The molecule has 0 radical (unpaired) electrons. The number of piperidine rings is 1. The van der Waals surface area contributed by atoms with Gasteiger partial charge >= 0.3 is 0 Å². The van der Waals surface area contributed by atoms with Gasteiger partial charge < -0.3 is 56.4 Å². The van der Waals surface area contributed by atoms with Crippen LogP contribution in [0.5, 0.6) is 0 Å². The summed E-state index contributed by atoms with van der Waals surface area (Å²) in [5.41, 5.74) is 15.7. The zero-order valence-corrected chi connectivity index (χ0v) is 76.3. The highest BCUT2D eigenvalue weighted by Crippen LogP contribution is 2.52. The largest absolute Gasteiger partial charge is 0.398 e. The Morgan fingerprint density at radius 1 is 0.381 bits per heavy atom. The van der Waals surface area contributed by atoms with Crippen LogP contribution in [0.15, 0.2) is 149 Å². The Balaban J connectivity index is 0.000000146. The van der Waals surface area contributed by atoms with E-state index in [0.717, 1.165) is 64.1 Å². The van der Waals surface area contributed by atoms with E-state index in [4.69, 9.17) is 17.2 Å². The lowest BCUT2D eigenvalue weighted by Gasteiger charge is -2.50. The SMILES string of the molecule is C=CC(=O)N1C[C@@H]2C(=O)N(C)c3c(c4cc(F)c(-c5c(N)cccc5F)c(F)c4n(-c4c(C)ccnc4C(C)C)c3=O)N2C[C@H]1C.C=CC(=O)N1C[C@@H]2C(=O)N(C)c3c(c4cc(F)c(-c5c(N)cccc5F)c(F)c4n(-c4c(C)ccnc4C(C)C)c3=O)N2C[C@H]1C.Cc1ccnc(C(C)C)c1-n1c(=O)c2c(c3cc(F)c(-c4c(N)cccc4F)c(F)c31)N1C[C@@H](C)CC[C@@H]1C(=O)N2C. The van der Waals surface area contributed by atoms with Crippen molar-refractivity contribution in [1.82, 2.24) is 38.5 Å². The minimum absolute atomic E-state index is 0.0127. The van der Waals surface area contributed by atoms with Crippen LogP contribution in [0.25, 0.3) is 83.2 Å². The number of carbonyl (C=O) groups excluding carboxylic acids is 5. The molecule has 0 spiro atoms. The Kier molecular flexibility index (Phi) is 24.1. The number of halogens is 9. The number of piperazine rings is 2. The van der Waals surface area contributed by atoms with Crippen LogP contribution in [0, 0.1) is 79.0 Å². The first kappa shape index (κ1) is 92.7. The van der Waals surface area contributed by atoms with E-state index in [2.05, 4.69) is 28.1 Å². The summed E-state index contributed by atoms with van der Waals surface area (Å²) in [5.74, 6) is -11.9. The van der Waals surface area contributed by atoms with Crippen LogP contribution in [0.2, 0.25) is 0 Å². The second-order valence-corrected chi connectivity index (χ2v) is 36.0. The summed E-state index contributed by atoms with van der Waals surface area (Å²) >= 11 is 0. The van der Waals surface area contributed by atoms with E-state index in [1.807, 2.05) is 53.4 Å². The van der Waals surface area contributed by atoms with Crippen LogP contribution >= 0.6 is 0 Å². The maximum atomic E-state index is 17.2. The molecule has 6 aliphatic rings. The number of benzene rings is 6. The van der Waals surface area contributed by atoms with Gasteiger partial charge in [0, 0.05) is 121 Å². The van der Waals surface area contributed by atoms with Crippen LogP contribution in [0.3, 0.4) is 0 Å². The zero-order chi connectivity index (χ0) is 96.9. The number of aromatic nitrogens is 6. The number of nitrogens with zero attached hydrogens (tertiary/aromatic N) is 14. The van der Waals surface area contributed by atoms with E-state index in [1.165, 1.54) is 86.6 Å². The van der Waals surface area contributed by atoms with Gasteiger partial charge in [0.2, 0.25) is 17.7 Å². The van der Waals surface area contributed by atoms with E-state index in [9.17, 15) is 38.4 Å². The van der Waals surface area contributed by atoms with Gasteiger partial charge in [-0.3, -0.25) is 67.0 Å². The lowest BCUT2D eigenvalue weighted by Crippen LogP contribution is -2.66. The number of hydrogen-bond donors (Lipinski definition) is 3. The Bertz CT molecular complexity index is 6930. The van der Waals surface area contributed by atoms with Gasteiger partial charge in [0.25, 0.3) is 28.5 Å². The fourth-order valence-electron chi connectivity index (χ4n) is 20.1. The Morgan fingerprint density at radius 2 is 0.664 bits per heavy atom. The Morgan fingerprint density at radius 3 is 0.940 bits per heavy atom. The summed E-state index contributed by atoms with van der Waals surface area (Å²) in [6.07, 6.45) is 8.43. The molecule has 0 saturated carbocycles. The Labute approximate surface area is 764 Å². The summed E-state index contributed by atoms with van der Waals surface area (Å²) in [4.78, 5) is 136. The molecule has 3 fully saturated rings. The number of anilines is 9. The lowest BCUT2D eigenvalue weighted by atomic mass is 9.89. The number of pyridine rings is 6. The average molecular weight is 1840 g/mol. The molecule has 0 bridgehead atoms. The minimum atomic E-state index is -1.20. The smallest absolute Gasteiger partial charge is 0.281 e. The summed E-state index contributed by atoms with van der Waals surface area (Å²) < 4.78 is 149. The predicted molar refractivity (Wildman–Crippen MR) is 502 cm³/mol. The Hall–Kier alpha value is -14.6. The van der Waals surface area contributed by atoms with Crippen molar-refractivity contribution in [2.75, 3.05) is 100 Å². The number of rotatable bonds is 11. The summed E-state index contributed by atoms with van der Waals surface area (Å²) in [7, 11) is 4.37. The van der Waals surface area contributed by atoms with E-state index in [0.29, 0.717) is 58.1 Å². The molecular formula is C100H98F9N17O8. The van der Waals surface area contributed by atoms with Crippen molar-refractivity contribution in [3.8, 4) is 50.4 Å². The summed E-state index contributed by atoms with van der Waals surface area (Å²) in [5, 5.41) is 0.0807. The van der Waals surface area contributed by atoms with Gasteiger partial charge in [0.05, 0.1) is 97.5 Å². The van der Waals surface area contributed by atoms with Gasteiger partial charge in [0.1, 0.15) is 70.1 Å². The molecule has 12 heterocycles. The number of fused-ring (bicyclic) bond motifs is 15. The first-order chi connectivity index (χ1) is 63.5. The monoisotopic (exact) mass is 1840 g/mol. The molecule has 3 saturated heterocycles. The summed E-state index contributed by atoms with van der Waals surface area (Å²) in [6.45, 7) is 29.7. The third-order valence-electron chi connectivity index (χ3n) is 26.5. The lowest BCUT2D eigenvalue weighted by molar-refractivity contribution is -0.132. The highest BCUT2D eigenvalue weighted by atomic mass is 19.2. The van der Waals surface area contributed by atoms with E-state index < -0.39 is 144 Å². The first-order valence-corrected chi connectivity index (χ1v) is 43.8. The number of hydrogen-bond acceptors (Lipinski definition) is 17. The molecule has 0 unspecified atom stereocenters. The fraction of sp³-hybridized carbons (Fsp3) is 0.310. The molecule has 18 rings (SSSR count). The molecule has 6 aromatic heterocycles. The standard InChI is InChI=1S/2C34H33F3N6O3.C32H32F3N5O2/c2*1-7-24(44)41-15-23-33(45)40(6)32-31(42(23)14-18(41)5)19-13-21(36)26(25-20(35)9-8-10-22(25)38)27(37)30(19)43(34(32)46)29-17(4)11-12-39-28(29)16(2)3;1-15(2)26-27(17(4)11-12-37-26)40-28-18(13-20(34)24(25(28)35)23-19(33)7-6-8-21(23)36)29-30(32(40)42)38(5)31(41)22-10-9-16(3)14-39(22)29/h2*7-13,16,18,23H,1,14-15,38H2,2-6H3;6-8,11-13,15-16,22H,9-10,14,36H2,1-5H3/t2*18-,23-;16-,22+/m110/s1. The fourth-order valence-corrected chi connectivity index (χ4v) is 20.1. The number of carbonyl (C=O) groups is 5. The number of nitrogens with two attached hydrogens (primary N) is 3. The van der Waals surface area contributed by atoms with Crippen LogP contribution < -0.4 is 63.3 Å². The van der Waals surface area contributed by atoms with Crippen LogP contribution in [0.1, 0.15) is 127 Å². The minimum Gasteiger partial charge on any atom is -0.398 e. The van der Waals surface area contributed by atoms with Crippen molar-refractivity contribution in [2.45, 2.75) is 144 Å². The highest BCUT2D eigenvalue weighted by molar-refractivity contribution is 6.16. The van der Waals surface area contributed by atoms with Gasteiger partial charge in [-0.25, -0.2) is 39.5 Å². The number of aryl methyl sites for hydroxylation is 3. The van der Waals surface area contributed by atoms with Crippen molar-refractivity contribution in [1.29, 1.82) is 0 Å². The van der Waals surface area contributed by atoms with Crippen molar-refractivity contribution >= 4 is 113 Å². The third-order valence-corrected chi connectivity index (χ3v) is 26.5. The zero-order valence-electron chi connectivity index (χ0n) is 76.3. The molecule has 134 heavy (non-hydrogen) atoms. The summed E-state index contributed by atoms with van der Waals surface area (Å²) in [6, 6.07) is 16.2. The molecule has 6 aliphatic heterocycles. The first-order valence-electron chi connectivity index (χ1n) is 43.8. The van der Waals surface area contributed by atoms with Crippen molar-refractivity contribution in [3.63, 3.8) is 0 Å². The van der Waals surface area contributed by atoms with Crippen LogP contribution in [-0.2, 0) is 24.0 Å². The topological polar surface area (TPSA) is 294 Å². The van der Waals surface area contributed by atoms with Gasteiger partial charge in [0.15, 0.2) is 17.5 Å². The van der Waals surface area contributed by atoms with E-state index in [-0.39, 0.29) is 157 Å². The van der Waals surface area contributed by atoms with Gasteiger partial charge in [-0.15, -0.1) is 0 Å². The maximum Gasteiger partial charge on any atom is 0.281 e. The molecule has 34 heteroatoms. The van der Waals surface area contributed by atoms with E-state index in [1.54, 1.807) is 81.2 Å². The second-order valence-electron chi connectivity index (χ2n) is 36.0. The van der Waals surface area contributed by atoms with E-state index >= 15 is 39.5 Å². The third kappa shape index (κ3) is 14.6. The molecule has 6 aromatic carbocycles. The van der Waals surface area contributed by atoms with Crippen molar-refractivity contribution < 1.29 is 63.5 Å². The second kappa shape index (κ2) is 34.8. The maximum absolute atomic E-state index is 17.2. The van der Waals surface area contributed by atoms with Gasteiger partial charge in [-0.2, -0.15) is 0 Å². The highest BCUT2D eigenvalue weighted by Gasteiger charge is 2.51.